The van der Waals surface area contributed by atoms with Gasteiger partial charge < -0.3 is 15.8 Å². The largest absolute Gasteiger partial charge is 0.348 e. The van der Waals surface area contributed by atoms with Gasteiger partial charge >= 0.3 is 0 Å². The van der Waals surface area contributed by atoms with Gasteiger partial charge in [0.2, 0.25) is 5.91 Å². The monoisotopic (exact) mass is 427 g/mol. The van der Waals surface area contributed by atoms with E-state index < -0.39 is 0 Å². The molecule has 1 aromatic heterocycles. The fraction of sp³-hybridized carbons (Fsp3) is 0.542. The zero-order chi connectivity index (χ0) is 23.2. The van der Waals surface area contributed by atoms with Crippen LogP contribution in [0.4, 0.5) is 0 Å². The third-order valence-electron chi connectivity index (χ3n) is 5.86. The maximum atomic E-state index is 12.4. The van der Waals surface area contributed by atoms with Gasteiger partial charge in [-0.2, -0.15) is 5.10 Å². The molecule has 3 N–H and O–H groups in total. The Kier molecular flexibility index (Phi) is 8.53. The van der Waals surface area contributed by atoms with Crippen LogP contribution in [-0.4, -0.2) is 52.5 Å². The van der Waals surface area contributed by atoms with Crippen molar-refractivity contribution >= 4 is 12.2 Å². The van der Waals surface area contributed by atoms with Gasteiger partial charge in [0.05, 0.1) is 23.8 Å². The molecule has 0 radical (unpaired) electrons. The Balaban J connectivity index is 0.000000366. The smallest absolute Gasteiger partial charge is 0.237 e. The summed E-state index contributed by atoms with van der Waals surface area (Å²) in [7, 11) is 3.95. The minimum atomic E-state index is -0.331. The van der Waals surface area contributed by atoms with E-state index in [4.69, 9.17) is 5.73 Å². The van der Waals surface area contributed by atoms with Gasteiger partial charge in [-0.25, -0.2) is 0 Å². The Hall–Kier alpha value is -2.51. The van der Waals surface area contributed by atoms with Gasteiger partial charge in [0.15, 0.2) is 0 Å². The fourth-order valence-electron chi connectivity index (χ4n) is 3.44. The molecule has 3 rings (SSSR count). The summed E-state index contributed by atoms with van der Waals surface area (Å²) in [4.78, 5) is 24.5. The SMILES string of the molecule is CC(C)(C)C(N)C=O.CC(NC(=O)C1CCCN1C)c1ccc(-c2ccnn2C)cc1. The topological polar surface area (TPSA) is 93.2 Å². The Morgan fingerprint density at radius 1 is 1.23 bits per heavy atom. The number of carbonyl (C=O) groups excluding carboxylic acids is 2. The average molecular weight is 428 g/mol. The molecule has 1 aliphatic rings. The van der Waals surface area contributed by atoms with Gasteiger partial charge in [-0.15, -0.1) is 0 Å². The van der Waals surface area contributed by atoms with Crippen LogP contribution in [0, 0.1) is 5.41 Å². The molecule has 7 nitrogen and oxygen atoms in total. The van der Waals surface area contributed by atoms with Gasteiger partial charge in [-0.3, -0.25) is 14.4 Å². The first-order valence-electron chi connectivity index (χ1n) is 10.8. The molecule has 170 valence electrons. The van der Waals surface area contributed by atoms with Gasteiger partial charge in [0, 0.05) is 13.2 Å². The van der Waals surface area contributed by atoms with Crippen molar-refractivity contribution in [3.05, 3.63) is 42.1 Å². The van der Waals surface area contributed by atoms with Crippen molar-refractivity contribution in [2.24, 2.45) is 18.2 Å². The van der Waals surface area contributed by atoms with Crippen molar-refractivity contribution in [3.63, 3.8) is 0 Å². The van der Waals surface area contributed by atoms with Gasteiger partial charge in [0.25, 0.3) is 0 Å². The highest BCUT2D eigenvalue weighted by Crippen LogP contribution is 2.22. The molecule has 1 amide bonds. The second kappa shape index (κ2) is 10.7. The lowest BCUT2D eigenvalue weighted by molar-refractivity contribution is -0.125. The first-order valence-corrected chi connectivity index (χ1v) is 10.8. The molecule has 31 heavy (non-hydrogen) atoms. The number of nitrogens with two attached hydrogens (primary N) is 1. The number of hydrogen-bond acceptors (Lipinski definition) is 5. The summed E-state index contributed by atoms with van der Waals surface area (Å²) in [6, 6.07) is 10.0. The van der Waals surface area contributed by atoms with E-state index in [9.17, 15) is 9.59 Å². The van der Waals surface area contributed by atoms with Gasteiger partial charge in [-0.1, -0.05) is 45.0 Å². The number of likely N-dealkylation sites (N-methyl/N-ethyl adjacent to an activating group) is 1. The maximum absolute atomic E-state index is 12.4. The number of likely N-dealkylation sites (tertiary alicyclic amines) is 1. The molecule has 3 atom stereocenters. The normalized spacial score (nSPS) is 18.6. The first-order chi connectivity index (χ1) is 14.5. The van der Waals surface area contributed by atoms with Crippen LogP contribution in [0.3, 0.4) is 0 Å². The number of hydrogen-bond donors (Lipinski definition) is 2. The van der Waals surface area contributed by atoms with Crippen molar-refractivity contribution in [1.82, 2.24) is 20.0 Å². The predicted molar refractivity (Wildman–Crippen MR) is 124 cm³/mol. The number of carbonyl (C=O) groups is 2. The number of nitrogens with one attached hydrogen (secondary N) is 1. The Labute approximate surface area is 186 Å². The highest BCUT2D eigenvalue weighted by molar-refractivity contribution is 5.82. The van der Waals surface area contributed by atoms with E-state index in [0.29, 0.717) is 0 Å². The van der Waals surface area contributed by atoms with E-state index in [1.165, 1.54) is 0 Å². The predicted octanol–water partition coefficient (Wildman–Crippen LogP) is 2.92. The van der Waals surface area contributed by atoms with E-state index >= 15 is 0 Å². The number of amides is 1. The molecule has 0 saturated carbocycles. The molecule has 2 heterocycles. The third-order valence-corrected chi connectivity index (χ3v) is 5.86. The van der Waals surface area contributed by atoms with Crippen LogP contribution in [-0.2, 0) is 16.6 Å². The summed E-state index contributed by atoms with van der Waals surface area (Å²) in [5, 5.41) is 7.33. The molecule has 3 unspecified atom stereocenters. The van der Waals surface area contributed by atoms with E-state index in [1.54, 1.807) is 6.20 Å². The number of aldehydes is 1. The lowest BCUT2D eigenvalue weighted by Crippen LogP contribution is -2.42. The van der Waals surface area contributed by atoms with Crippen molar-refractivity contribution in [3.8, 4) is 11.3 Å². The molecule has 0 aliphatic carbocycles. The standard InChI is InChI=1S/C18H24N4O.C6H13NO/c1-13(20-18(23)17-5-4-12-21(17)2)14-6-8-15(9-7-14)16-10-11-19-22(16)3;1-6(2,3)5(7)4-8/h6-11,13,17H,4-5,12H2,1-3H3,(H,20,23);4-5H,7H2,1-3H3. The first kappa shape index (κ1) is 24.8. The van der Waals surface area contributed by atoms with E-state index in [-0.39, 0.29) is 29.4 Å². The fourth-order valence-corrected chi connectivity index (χ4v) is 3.44. The summed E-state index contributed by atoms with van der Waals surface area (Å²) in [6.07, 6.45) is 4.63. The highest BCUT2D eigenvalue weighted by Gasteiger charge is 2.28. The number of aromatic nitrogens is 2. The van der Waals surface area contributed by atoms with Crippen LogP contribution in [0.25, 0.3) is 11.3 Å². The number of aryl methyl sites for hydroxylation is 1. The molecule has 0 spiro atoms. The average Bonchev–Trinajstić information content (AvgIpc) is 3.35. The second-order valence-electron chi connectivity index (χ2n) is 9.36. The molecule has 1 saturated heterocycles. The van der Waals surface area contributed by atoms with Crippen molar-refractivity contribution in [2.45, 2.75) is 58.7 Å². The van der Waals surface area contributed by atoms with E-state index in [1.807, 2.05) is 52.5 Å². The van der Waals surface area contributed by atoms with Gasteiger partial charge in [0.1, 0.15) is 6.29 Å². The molecule has 1 aliphatic heterocycles. The van der Waals surface area contributed by atoms with E-state index in [0.717, 1.165) is 42.5 Å². The maximum Gasteiger partial charge on any atom is 0.237 e. The van der Waals surface area contributed by atoms with Crippen LogP contribution < -0.4 is 11.1 Å². The minimum Gasteiger partial charge on any atom is -0.348 e. The lowest BCUT2D eigenvalue weighted by Gasteiger charge is -2.22. The summed E-state index contributed by atoms with van der Waals surface area (Å²) in [6.45, 7) is 8.85. The van der Waals surface area contributed by atoms with Crippen LogP contribution in [0.15, 0.2) is 36.5 Å². The zero-order valence-corrected chi connectivity index (χ0v) is 19.6. The third kappa shape index (κ3) is 6.74. The van der Waals surface area contributed by atoms with E-state index in [2.05, 4.69) is 39.6 Å². The summed E-state index contributed by atoms with van der Waals surface area (Å²) < 4.78 is 1.86. The second-order valence-corrected chi connectivity index (χ2v) is 9.36. The summed E-state index contributed by atoms with van der Waals surface area (Å²) in [5.74, 6) is 0.133. The number of rotatable bonds is 5. The van der Waals surface area contributed by atoms with Crippen LogP contribution in [0.1, 0.15) is 52.1 Å². The minimum absolute atomic E-state index is 0.0112. The van der Waals surface area contributed by atoms with Gasteiger partial charge in [-0.05, 0) is 56.0 Å². The number of nitrogens with zero attached hydrogens (tertiary/aromatic N) is 3. The summed E-state index contributed by atoms with van der Waals surface area (Å²) in [5.41, 5.74) is 8.63. The Morgan fingerprint density at radius 2 is 1.87 bits per heavy atom. The van der Waals surface area contributed by atoms with Crippen molar-refractivity contribution in [1.29, 1.82) is 0 Å². The quantitative estimate of drug-likeness (QED) is 0.716. The molecule has 2 aromatic rings. The molecular weight excluding hydrogens is 390 g/mol. The lowest BCUT2D eigenvalue weighted by atomic mass is 9.89. The van der Waals surface area contributed by atoms with Crippen LogP contribution in [0.5, 0.6) is 0 Å². The van der Waals surface area contributed by atoms with Crippen LogP contribution >= 0.6 is 0 Å². The zero-order valence-electron chi connectivity index (χ0n) is 19.6. The Bertz CT molecular complexity index is 854. The van der Waals surface area contributed by atoms with Crippen molar-refractivity contribution in [2.75, 3.05) is 13.6 Å². The van der Waals surface area contributed by atoms with Crippen molar-refractivity contribution < 1.29 is 9.59 Å². The summed E-state index contributed by atoms with van der Waals surface area (Å²) >= 11 is 0. The molecule has 1 aromatic carbocycles. The molecule has 1 fully saturated rings. The van der Waals surface area contributed by atoms with Crippen LogP contribution in [0.2, 0.25) is 0 Å². The highest BCUT2D eigenvalue weighted by atomic mass is 16.2. The number of benzene rings is 1. The Morgan fingerprint density at radius 3 is 2.29 bits per heavy atom. The molecule has 7 heteroatoms. The molecule has 0 bridgehead atoms. The molecular formula is C24H37N5O2.